The molecule has 1 fully saturated rings. The highest BCUT2D eigenvalue weighted by Crippen LogP contribution is 2.47. The van der Waals surface area contributed by atoms with E-state index in [1.807, 2.05) is 6.08 Å². The molecule has 1 aliphatic rings. The first-order chi connectivity index (χ1) is 13.0. The zero-order chi connectivity index (χ0) is 20.1. The molecule has 0 aromatic carbocycles. The highest BCUT2D eigenvalue weighted by Gasteiger charge is 2.32. The van der Waals surface area contributed by atoms with Gasteiger partial charge in [0.25, 0.3) is 0 Å². The van der Waals surface area contributed by atoms with Gasteiger partial charge in [-0.3, -0.25) is 9.36 Å². The van der Waals surface area contributed by atoms with Gasteiger partial charge in [0, 0.05) is 26.6 Å². The predicted molar refractivity (Wildman–Crippen MR) is 110 cm³/mol. The molecule has 1 N–H and O–H groups in total. The molecule has 1 saturated carbocycles. The average molecular weight is 403 g/mol. The summed E-state index contributed by atoms with van der Waals surface area (Å²) in [5, 5.41) is 10.1. The topological polar surface area (TPSA) is 72.8 Å². The summed E-state index contributed by atoms with van der Waals surface area (Å²) < 4.78 is 21.9. The van der Waals surface area contributed by atoms with Crippen molar-refractivity contribution in [2.75, 3.05) is 20.4 Å². The fraction of sp³-hybridized carbons (Fsp3) is 0.857. The number of carbonyl (C=O) groups is 1. The first-order valence-corrected chi connectivity index (χ1v) is 12.3. The van der Waals surface area contributed by atoms with E-state index in [1.165, 1.54) is 14.2 Å². The Morgan fingerprint density at radius 2 is 1.85 bits per heavy atom. The third-order valence-corrected chi connectivity index (χ3v) is 7.57. The molecule has 158 valence electrons. The van der Waals surface area contributed by atoms with E-state index >= 15 is 0 Å². The largest absolute Gasteiger partial charge is 0.389 e. The number of aliphatic hydroxyl groups is 1. The van der Waals surface area contributed by atoms with E-state index in [9.17, 15) is 14.5 Å². The minimum absolute atomic E-state index is 0.105. The van der Waals surface area contributed by atoms with Gasteiger partial charge in [-0.1, -0.05) is 57.6 Å². The fourth-order valence-electron chi connectivity index (χ4n) is 3.79. The highest BCUT2D eigenvalue weighted by molar-refractivity contribution is 7.53. The van der Waals surface area contributed by atoms with Crippen molar-refractivity contribution in [2.24, 2.45) is 11.8 Å². The van der Waals surface area contributed by atoms with E-state index in [0.717, 1.165) is 64.2 Å². The zero-order valence-corrected chi connectivity index (χ0v) is 18.3. The Bertz CT molecular complexity index is 483. The molecule has 5 nitrogen and oxygen atoms in total. The number of unbranched alkanes of at least 4 members (excludes halogenated alkanes) is 5. The standard InChI is InChI=1S/C21H39O5P/c1-4-5-8-11-19(22)15-13-18-14-16-21(23)20(18)12-9-6-7-10-17-27(24,25-2)26-3/h13,15,18-20,22H,4-12,14,16-17H2,1-3H3/b15-13+/t18-,19-,20+/m0/s1. The maximum atomic E-state index is 12.2. The molecule has 1 aliphatic carbocycles. The van der Waals surface area contributed by atoms with E-state index < -0.39 is 7.60 Å². The van der Waals surface area contributed by atoms with Crippen molar-refractivity contribution in [3.63, 3.8) is 0 Å². The third-order valence-electron chi connectivity index (χ3n) is 5.59. The molecular formula is C21H39O5P. The Morgan fingerprint density at radius 1 is 1.15 bits per heavy atom. The molecule has 0 heterocycles. The molecule has 0 bridgehead atoms. The summed E-state index contributed by atoms with van der Waals surface area (Å²) in [6, 6.07) is 0. The van der Waals surface area contributed by atoms with Crippen LogP contribution in [0.1, 0.15) is 77.6 Å². The summed E-state index contributed by atoms with van der Waals surface area (Å²) in [6.45, 7) is 2.16. The Balaban J connectivity index is 2.29. The number of Topliss-reactive ketones (excluding diaryl/α,β-unsaturated/α-hetero) is 1. The van der Waals surface area contributed by atoms with Crippen LogP contribution in [-0.2, 0) is 18.4 Å². The van der Waals surface area contributed by atoms with Gasteiger partial charge in [0.05, 0.1) is 12.3 Å². The lowest BCUT2D eigenvalue weighted by atomic mass is 9.89. The van der Waals surface area contributed by atoms with Crippen LogP contribution in [0.2, 0.25) is 0 Å². The first kappa shape index (κ1) is 24.6. The van der Waals surface area contributed by atoms with E-state index in [0.29, 0.717) is 18.4 Å². The molecule has 0 spiro atoms. The molecule has 0 aromatic rings. The molecule has 0 radical (unpaired) electrons. The fourth-order valence-corrected chi connectivity index (χ4v) is 4.92. The minimum atomic E-state index is -2.89. The second kappa shape index (κ2) is 13.7. The summed E-state index contributed by atoms with van der Waals surface area (Å²) in [5.74, 6) is 0.752. The van der Waals surface area contributed by atoms with Gasteiger partial charge in [-0.05, 0) is 31.6 Å². The van der Waals surface area contributed by atoms with Crippen LogP contribution in [-0.4, -0.2) is 37.4 Å². The SMILES string of the molecule is CCCCC[C@H](O)/C=C/[C@H]1CCC(=O)[C@@H]1CCCCCCP(=O)(OC)OC. The molecule has 0 amide bonds. The van der Waals surface area contributed by atoms with Crippen LogP contribution < -0.4 is 0 Å². The van der Waals surface area contributed by atoms with E-state index in [4.69, 9.17) is 9.05 Å². The number of ketones is 1. The number of carbonyl (C=O) groups excluding carboxylic acids is 1. The van der Waals surface area contributed by atoms with Crippen molar-refractivity contribution in [2.45, 2.75) is 83.7 Å². The van der Waals surface area contributed by atoms with Crippen LogP contribution >= 0.6 is 7.60 Å². The van der Waals surface area contributed by atoms with Gasteiger partial charge >= 0.3 is 7.60 Å². The zero-order valence-electron chi connectivity index (χ0n) is 17.4. The second-order valence-electron chi connectivity index (χ2n) is 7.63. The lowest BCUT2D eigenvalue weighted by Gasteiger charge is -2.16. The number of rotatable bonds is 15. The maximum absolute atomic E-state index is 12.2. The third kappa shape index (κ3) is 9.51. The Morgan fingerprint density at radius 3 is 2.52 bits per heavy atom. The molecule has 1 rings (SSSR count). The van der Waals surface area contributed by atoms with Gasteiger partial charge in [0.1, 0.15) is 5.78 Å². The highest BCUT2D eigenvalue weighted by atomic mass is 31.2. The van der Waals surface area contributed by atoms with E-state index in [-0.39, 0.29) is 17.9 Å². The monoisotopic (exact) mass is 402 g/mol. The number of allylic oxidation sites excluding steroid dienone is 1. The van der Waals surface area contributed by atoms with Gasteiger partial charge in [-0.25, -0.2) is 0 Å². The van der Waals surface area contributed by atoms with Crippen molar-refractivity contribution in [3.8, 4) is 0 Å². The smallest absolute Gasteiger partial charge is 0.330 e. The van der Waals surface area contributed by atoms with Gasteiger partial charge in [0.15, 0.2) is 0 Å². The summed E-state index contributed by atoms with van der Waals surface area (Å²) >= 11 is 0. The molecule has 27 heavy (non-hydrogen) atoms. The average Bonchev–Trinajstić information content (AvgIpc) is 3.02. The number of hydrogen-bond acceptors (Lipinski definition) is 5. The molecular weight excluding hydrogens is 363 g/mol. The normalized spacial score (nSPS) is 22.0. The minimum Gasteiger partial charge on any atom is -0.389 e. The van der Waals surface area contributed by atoms with Crippen molar-refractivity contribution < 1.29 is 23.5 Å². The second-order valence-corrected chi connectivity index (χ2v) is 10.0. The van der Waals surface area contributed by atoms with Crippen molar-refractivity contribution in [3.05, 3.63) is 12.2 Å². The van der Waals surface area contributed by atoms with Gasteiger partial charge < -0.3 is 14.2 Å². The van der Waals surface area contributed by atoms with Gasteiger partial charge in [-0.15, -0.1) is 0 Å². The molecule has 0 aliphatic heterocycles. The van der Waals surface area contributed by atoms with E-state index in [1.54, 1.807) is 0 Å². The number of hydrogen-bond donors (Lipinski definition) is 1. The lowest BCUT2D eigenvalue weighted by Crippen LogP contribution is -2.14. The Hall–Kier alpha value is -0.480. The van der Waals surface area contributed by atoms with Crippen molar-refractivity contribution in [1.29, 1.82) is 0 Å². The Labute approximate surface area is 165 Å². The molecule has 0 unspecified atom stereocenters. The van der Waals surface area contributed by atoms with Crippen LogP contribution in [0.15, 0.2) is 12.2 Å². The van der Waals surface area contributed by atoms with Gasteiger partial charge in [0.2, 0.25) is 0 Å². The Kier molecular flexibility index (Phi) is 12.4. The molecule has 0 saturated heterocycles. The number of aliphatic hydroxyl groups excluding tert-OH is 1. The molecule has 0 aromatic heterocycles. The van der Waals surface area contributed by atoms with Gasteiger partial charge in [-0.2, -0.15) is 0 Å². The quantitative estimate of drug-likeness (QED) is 0.222. The van der Waals surface area contributed by atoms with Crippen LogP contribution in [0, 0.1) is 11.8 Å². The van der Waals surface area contributed by atoms with Crippen molar-refractivity contribution >= 4 is 13.4 Å². The summed E-state index contributed by atoms with van der Waals surface area (Å²) in [7, 11) is -0.0441. The van der Waals surface area contributed by atoms with Crippen LogP contribution in [0.3, 0.4) is 0 Å². The summed E-state index contributed by atoms with van der Waals surface area (Å²) in [4.78, 5) is 12.2. The predicted octanol–water partition coefficient (Wildman–Crippen LogP) is 5.52. The van der Waals surface area contributed by atoms with Crippen LogP contribution in [0.4, 0.5) is 0 Å². The van der Waals surface area contributed by atoms with Crippen LogP contribution in [0.25, 0.3) is 0 Å². The summed E-state index contributed by atoms with van der Waals surface area (Å²) in [6.07, 6.45) is 14.5. The van der Waals surface area contributed by atoms with Crippen molar-refractivity contribution in [1.82, 2.24) is 0 Å². The lowest BCUT2D eigenvalue weighted by molar-refractivity contribution is -0.121. The maximum Gasteiger partial charge on any atom is 0.330 e. The molecule has 6 heteroatoms. The van der Waals surface area contributed by atoms with Crippen LogP contribution in [0.5, 0.6) is 0 Å². The molecule has 3 atom stereocenters. The first-order valence-electron chi connectivity index (χ1n) is 10.6. The summed E-state index contributed by atoms with van der Waals surface area (Å²) in [5.41, 5.74) is 0. The van der Waals surface area contributed by atoms with E-state index in [2.05, 4.69) is 13.0 Å².